The minimum Gasteiger partial charge on any atom is -0.480 e. The van der Waals surface area contributed by atoms with Crippen LogP contribution in [0.1, 0.15) is 13.3 Å². The molecule has 2 amide bonds. The molecule has 0 aromatic rings. The Morgan fingerprint density at radius 3 is 2.50 bits per heavy atom. The van der Waals surface area contributed by atoms with Crippen molar-refractivity contribution in [1.29, 1.82) is 0 Å². The fraction of sp³-hybridized carbons (Fsp3) is 0.500. The minimum absolute atomic E-state index is 0.0362. The molecule has 0 saturated carbocycles. The van der Waals surface area contributed by atoms with Gasteiger partial charge in [0.1, 0.15) is 6.54 Å². The molecule has 0 bridgehead atoms. The maximum Gasteiger partial charge on any atom is 0.323 e. The molecule has 0 radical (unpaired) electrons. The van der Waals surface area contributed by atoms with Gasteiger partial charge >= 0.3 is 5.97 Å². The van der Waals surface area contributed by atoms with Gasteiger partial charge in [0, 0.05) is 19.9 Å². The Hall–Kier alpha value is -2.03. The van der Waals surface area contributed by atoms with Gasteiger partial charge in [-0.3, -0.25) is 14.4 Å². The van der Waals surface area contributed by atoms with Gasteiger partial charge in [-0.2, -0.15) is 0 Å². The van der Waals surface area contributed by atoms with E-state index < -0.39 is 18.4 Å². The van der Waals surface area contributed by atoms with Crippen molar-refractivity contribution >= 4 is 17.8 Å². The van der Waals surface area contributed by atoms with Crippen molar-refractivity contribution in [3.05, 3.63) is 0 Å². The number of hydrogen-bond acceptors (Lipinski definition) is 3. The zero-order valence-electron chi connectivity index (χ0n) is 9.02. The molecule has 88 valence electrons. The van der Waals surface area contributed by atoms with E-state index >= 15 is 0 Å². The molecule has 0 aromatic carbocycles. The minimum atomic E-state index is -1.12. The lowest BCUT2D eigenvalue weighted by Crippen LogP contribution is -2.37. The van der Waals surface area contributed by atoms with Crippen molar-refractivity contribution in [2.24, 2.45) is 0 Å². The second-order valence-electron chi connectivity index (χ2n) is 3.08. The number of nitrogens with one attached hydrogen (secondary N) is 1. The SMILES string of the molecule is C#CCN(CC(=O)O)C(=O)CCNC(C)=O. The van der Waals surface area contributed by atoms with E-state index in [0.717, 1.165) is 4.90 Å². The normalized spacial score (nSPS) is 9.00. The average molecular weight is 226 g/mol. The zero-order valence-corrected chi connectivity index (χ0v) is 9.02. The van der Waals surface area contributed by atoms with Crippen molar-refractivity contribution in [2.45, 2.75) is 13.3 Å². The Bertz CT molecular complexity index is 319. The number of carboxylic acids is 1. The van der Waals surface area contributed by atoms with Crippen LogP contribution in [0.4, 0.5) is 0 Å². The van der Waals surface area contributed by atoms with Crippen molar-refractivity contribution in [1.82, 2.24) is 10.2 Å². The monoisotopic (exact) mass is 226 g/mol. The highest BCUT2D eigenvalue weighted by molar-refractivity contribution is 5.82. The first-order valence-corrected chi connectivity index (χ1v) is 4.64. The van der Waals surface area contributed by atoms with Crippen LogP contribution in [-0.2, 0) is 14.4 Å². The van der Waals surface area contributed by atoms with E-state index in [1.807, 2.05) is 0 Å². The molecule has 0 aliphatic heterocycles. The maximum atomic E-state index is 11.5. The number of terminal acetylenes is 1. The Kier molecular flexibility index (Phi) is 6.36. The van der Waals surface area contributed by atoms with E-state index in [0.29, 0.717) is 0 Å². The molecule has 0 atom stereocenters. The number of carbonyl (C=O) groups excluding carboxylic acids is 2. The molecule has 0 unspecified atom stereocenters. The Labute approximate surface area is 93.6 Å². The first kappa shape index (κ1) is 14.0. The van der Waals surface area contributed by atoms with Crippen LogP contribution in [0.25, 0.3) is 0 Å². The summed E-state index contributed by atoms with van der Waals surface area (Å²) in [5.74, 6) is 0.450. The fourth-order valence-electron chi connectivity index (χ4n) is 1.01. The third kappa shape index (κ3) is 6.43. The second kappa shape index (κ2) is 7.29. The lowest BCUT2D eigenvalue weighted by Gasteiger charge is -2.17. The number of aliphatic carboxylic acids is 1. The summed E-state index contributed by atoms with van der Waals surface area (Å²) in [6.07, 6.45) is 5.05. The largest absolute Gasteiger partial charge is 0.480 e. The molecular weight excluding hydrogens is 212 g/mol. The molecule has 16 heavy (non-hydrogen) atoms. The van der Waals surface area contributed by atoms with Gasteiger partial charge in [-0.05, 0) is 0 Å². The van der Waals surface area contributed by atoms with Crippen LogP contribution in [0.3, 0.4) is 0 Å². The van der Waals surface area contributed by atoms with E-state index in [-0.39, 0.29) is 25.4 Å². The summed E-state index contributed by atoms with van der Waals surface area (Å²) >= 11 is 0. The van der Waals surface area contributed by atoms with Crippen LogP contribution in [0.5, 0.6) is 0 Å². The molecule has 0 spiro atoms. The van der Waals surface area contributed by atoms with Gasteiger partial charge in [0.15, 0.2) is 0 Å². The van der Waals surface area contributed by atoms with Crippen LogP contribution in [0.15, 0.2) is 0 Å². The maximum absolute atomic E-state index is 11.5. The number of rotatable bonds is 6. The number of carboxylic acid groups (broad SMARTS) is 1. The fourth-order valence-corrected chi connectivity index (χ4v) is 1.01. The molecule has 0 aliphatic carbocycles. The average Bonchev–Trinajstić information content (AvgIpc) is 2.15. The summed E-state index contributed by atoms with van der Waals surface area (Å²) in [7, 11) is 0. The first-order chi connectivity index (χ1) is 7.47. The molecule has 0 fully saturated rings. The van der Waals surface area contributed by atoms with Crippen molar-refractivity contribution < 1.29 is 19.5 Å². The lowest BCUT2D eigenvalue weighted by atomic mass is 10.3. The highest BCUT2D eigenvalue weighted by Crippen LogP contribution is 1.93. The molecule has 0 rings (SSSR count). The Morgan fingerprint density at radius 2 is 2.06 bits per heavy atom. The molecule has 0 heterocycles. The van der Waals surface area contributed by atoms with E-state index in [1.54, 1.807) is 0 Å². The van der Waals surface area contributed by atoms with Gasteiger partial charge in [-0.1, -0.05) is 5.92 Å². The van der Waals surface area contributed by atoms with Crippen molar-refractivity contribution in [3.8, 4) is 12.3 Å². The van der Waals surface area contributed by atoms with E-state index in [2.05, 4.69) is 11.2 Å². The predicted molar refractivity (Wildman–Crippen MR) is 56.3 cm³/mol. The van der Waals surface area contributed by atoms with Crippen molar-refractivity contribution in [3.63, 3.8) is 0 Å². The second-order valence-corrected chi connectivity index (χ2v) is 3.08. The topological polar surface area (TPSA) is 86.7 Å². The lowest BCUT2D eigenvalue weighted by molar-refractivity contribution is -0.144. The quantitative estimate of drug-likeness (QED) is 0.572. The van der Waals surface area contributed by atoms with Gasteiger partial charge in [0.25, 0.3) is 0 Å². The number of amides is 2. The van der Waals surface area contributed by atoms with Gasteiger partial charge in [-0.25, -0.2) is 0 Å². The Morgan fingerprint density at radius 1 is 1.44 bits per heavy atom. The van der Waals surface area contributed by atoms with Crippen LogP contribution >= 0.6 is 0 Å². The van der Waals surface area contributed by atoms with Gasteiger partial charge in [0.05, 0.1) is 6.54 Å². The van der Waals surface area contributed by atoms with E-state index in [4.69, 9.17) is 11.5 Å². The van der Waals surface area contributed by atoms with Crippen LogP contribution in [-0.4, -0.2) is 47.4 Å². The highest BCUT2D eigenvalue weighted by atomic mass is 16.4. The summed E-state index contributed by atoms with van der Waals surface area (Å²) in [6, 6.07) is 0. The molecular formula is C10H14N2O4. The molecule has 0 saturated heterocycles. The van der Waals surface area contributed by atoms with E-state index in [9.17, 15) is 14.4 Å². The summed E-state index contributed by atoms with van der Waals surface area (Å²) < 4.78 is 0. The van der Waals surface area contributed by atoms with E-state index in [1.165, 1.54) is 6.92 Å². The van der Waals surface area contributed by atoms with Crippen LogP contribution in [0, 0.1) is 12.3 Å². The standard InChI is InChI=1S/C10H14N2O4/c1-3-6-12(7-10(15)16)9(14)4-5-11-8(2)13/h1H,4-7H2,2H3,(H,11,13)(H,15,16). The highest BCUT2D eigenvalue weighted by Gasteiger charge is 2.15. The summed E-state index contributed by atoms with van der Waals surface area (Å²) in [5.41, 5.74) is 0. The summed E-state index contributed by atoms with van der Waals surface area (Å²) in [5, 5.41) is 11.0. The summed E-state index contributed by atoms with van der Waals surface area (Å²) in [4.78, 5) is 33.5. The first-order valence-electron chi connectivity index (χ1n) is 4.64. The summed E-state index contributed by atoms with van der Waals surface area (Å²) in [6.45, 7) is 1.03. The van der Waals surface area contributed by atoms with Gasteiger partial charge in [0.2, 0.25) is 11.8 Å². The van der Waals surface area contributed by atoms with Crippen LogP contribution in [0.2, 0.25) is 0 Å². The van der Waals surface area contributed by atoms with Crippen molar-refractivity contribution in [2.75, 3.05) is 19.6 Å². The number of carbonyl (C=O) groups is 3. The third-order valence-electron chi connectivity index (χ3n) is 1.67. The predicted octanol–water partition coefficient (Wildman–Crippen LogP) is -0.941. The van der Waals surface area contributed by atoms with Crippen LogP contribution < -0.4 is 5.32 Å². The molecule has 0 aliphatic rings. The number of hydrogen-bond donors (Lipinski definition) is 2. The van der Waals surface area contributed by atoms with Gasteiger partial charge in [-0.15, -0.1) is 6.42 Å². The zero-order chi connectivity index (χ0) is 12.6. The molecule has 6 heteroatoms. The Balaban J connectivity index is 4.12. The molecule has 6 nitrogen and oxygen atoms in total. The molecule has 0 aromatic heterocycles. The molecule has 2 N–H and O–H groups in total. The number of nitrogens with zero attached hydrogens (tertiary/aromatic N) is 1. The van der Waals surface area contributed by atoms with Gasteiger partial charge < -0.3 is 15.3 Å². The smallest absolute Gasteiger partial charge is 0.323 e. The third-order valence-corrected chi connectivity index (χ3v) is 1.67.